The predicted molar refractivity (Wildman–Crippen MR) is 149 cm³/mol. The summed E-state index contributed by atoms with van der Waals surface area (Å²) in [5, 5.41) is 11.6. The standard InChI is InChI=1S/C27H35NO8S3/c1-17-10-12-19(13-11-17)39(30,31)36-23-22(33-25-24(23)34-27(2,3)35-25)21(32-14-18-8-6-5-7-9-18)20(29)26-37-15-28(4)16-38-26/h5-13,20-26,29H,14-16H2,1-4H3/t20?,21-,22-,23+,24-,25-/m1/s1. The first-order valence-electron chi connectivity index (χ1n) is 12.8. The average molecular weight is 598 g/mol. The molecule has 5 rings (SSSR count). The van der Waals surface area contributed by atoms with Gasteiger partial charge in [0.2, 0.25) is 0 Å². The number of fused-ring (bicyclic) bond motifs is 1. The monoisotopic (exact) mass is 597 g/mol. The number of hydrogen-bond donors (Lipinski definition) is 1. The van der Waals surface area contributed by atoms with E-state index in [1.54, 1.807) is 49.5 Å². The quantitative estimate of drug-likeness (QED) is 0.429. The van der Waals surface area contributed by atoms with E-state index in [2.05, 4.69) is 4.90 Å². The fourth-order valence-electron chi connectivity index (χ4n) is 4.78. The van der Waals surface area contributed by atoms with Gasteiger partial charge in [0.25, 0.3) is 10.1 Å². The first-order valence-corrected chi connectivity index (χ1v) is 16.3. The lowest BCUT2D eigenvalue weighted by Crippen LogP contribution is -2.52. The van der Waals surface area contributed by atoms with E-state index < -0.39 is 52.7 Å². The molecule has 3 fully saturated rings. The van der Waals surface area contributed by atoms with E-state index in [0.717, 1.165) is 22.9 Å². The topological polar surface area (TPSA) is 104 Å². The normalized spacial score (nSPS) is 29.3. The molecule has 3 aliphatic rings. The van der Waals surface area contributed by atoms with Gasteiger partial charge in [-0.1, -0.05) is 48.0 Å². The summed E-state index contributed by atoms with van der Waals surface area (Å²) in [4.78, 5) is 2.18. The molecule has 214 valence electrons. The van der Waals surface area contributed by atoms with Crippen LogP contribution in [0.25, 0.3) is 0 Å². The summed E-state index contributed by atoms with van der Waals surface area (Å²) in [7, 11) is -2.18. The summed E-state index contributed by atoms with van der Waals surface area (Å²) in [6.45, 7) is 5.55. The van der Waals surface area contributed by atoms with E-state index in [-0.39, 0.29) is 16.1 Å². The molecule has 0 aliphatic carbocycles. The third kappa shape index (κ3) is 6.83. The van der Waals surface area contributed by atoms with Crippen LogP contribution in [0.15, 0.2) is 59.5 Å². The average Bonchev–Trinajstić information content (AvgIpc) is 3.37. The SMILES string of the molecule is Cc1ccc(S(=O)(=O)O[C@@H]2[C@H]3OC(C)(C)O[C@H]3O[C@@H]2[C@H](OCc2ccccc2)C(O)C2SCN(C)CS2)cc1. The maximum Gasteiger partial charge on any atom is 0.297 e. The second kappa shape index (κ2) is 12.0. The molecule has 2 aromatic rings. The van der Waals surface area contributed by atoms with Crippen molar-refractivity contribution in [3.63, 3.8) is 0 Å². The minimum Gasteiger partial charge on any atom is -0.388 e. The zero-order chi connectivity index (χ0) is 27.8. The molecule has 2 aromatic carbocycles. The van der Waals surface area contributed by atoms with Crippen molar-refractivity contribution in [2.45, 2.75) is 79.5 Å². The van der Waals surface area contributed by atoms with Crippen molar-refractivity contribution in [1.29, 1.82) is 0 Å². The molecule has 0 bridgehead atoms. The molecule has 3 heterocycles. The molecular formula is C27H35NO8S3. The summed E-state index contributed by atoms with van der Waals surface area (Å²) >= 11 is 3.21. The van der Waals surface area contributed by atoms with Gasteiger partial charge in [-0.3, -0.25) is 9.08 Å². The molecule has 12 heteroatoms. The molecule has 0 radical (unpaired) electrons. The van der Waals surface area contributed by atoms with Gasteiger partial charge in [0.05, 0.1) is 16.1 Å². The second-order valence-electron chi connectivity index (χ2n) is 10.5. The van der Waals surface area contributed by atoms with Crippen molar-refractivity contribution in [3.05, 3.63) is 65.7 Å². The minimum absolute atomic E-state index is 0.0252. The molecule has 9 nitrogen and oxygen atoms in total. The van der Waals surface area contributed by atoms with Crippen LogP contribution >= 0.6 is 23.5 Å². The van der Waals surface area contributed by atoms with Crippen molar-refractivity contribution >= 4 is 33.6 Å². The van der Waals surface area contributed by atoms with E-state index >= 15 is 0 Å². The van der Waals surface area contributed by atoms with Crippen molar-refractivity contribution in [3.8, 4) is 0 Å². The van der Waals surface area contributed by atoms with Crippen LogP contribution in [-0.2, 0) is 39.9 Å². The summed E-state index contributed by atoms with van der Waals surface area (Å²) in [6, 6.07) is 16.0. The minimum atomic E-state index is -4.20. The van der Waals surface area contributed by atoms with E-state index in [1.807, 2.05) is 44.3 Å². The molecule has 3 aliphatic heterocycles. The van der Waals surface area contributed by atoms with Crippen LogP contribution in [-0.4, -0.2) is 84.4 Å². The Labute approximate surface area is 238 Å². The highest BCUT2D eigenvalue weighted by Gasteiger charge is 2.60. The third-order valence-corrected chi connectivity index (χ3v) is 11.3. The highest BCUT2D eigenvalue weighted by molar-refractivity contribution is 8.17. The van der Waals surface area contributed by atoms with E-state index in [9.17, 15) is 13.5 Å². The van der Waals surface area contributed by atoms with E-state index in [4.69, 9.17) is 23.1 Å². The van der Waals surface area contributed by atoms with Crippen LogP contribution in [0.4, 0.5) is 0 Å². The maximum atomic E-state index is 13.4. The van der Waals surface area contributed by atoms with Gasteiger partial charge in [0.1, 0.15) is 30.5 Å². The largest absolute Gasteiger partial charge is 0.388 e. The Hall–Kier alpha value is -1.19. The molecule has 1 unspecified atom stereocenters. The highest BCUT2D eigenvalue weighted by Crippen LogP contribution is 2.43. The van der Waals surface area contributed by atoms with Crippen LogP contribution in [0.3, 0.4) is 0 Å². The van der Waals surface area contributed by atoms with Gasteiger partial charge >= 0.3 is 0 Å². The summed E-state index contributed by atoms with van der Waals surface area (Å²) in [5.41, 5.74) is 1.84. The molecule has 0 amide bonds. The Kier molecular flexibility index (Phi) is 8.99. The van der Waals surface area contributed by atoms with Gasteiger partial charge in [-0.25, -0.2) is 0 Å². The lowest BCUT2D eigenvalue weighted by atomic mass is 10.0. The maximum absolute atomic E-state index is 13.4. The summed E-state index contributed by atoms with van der Waals surface area (Å²) < 4.78 is 57.1. The lowest BCUT2D eigenvalue weighted by molar-refractivity contribution is -0.234. The highest BCUT2D eigenvalue weighted by atomic mass is 32.2. The smallest absolute Gasteiger partial charge is 0.297 e. The first kappa shape index (κ1) is 29.3. The zero-order valence-electron chi connectivity index (χ0n) is 22.3. The van der Waals surface area contributed by atoms with Crippen LogP contribution in [0.1, 0.15) is 25.0 Å². The van der Waals surface area contributed by atoms with Crippen molar-refractivity contribution in [1.82, 2.24) is 4.90 Å². The summed E-state index contributed by atoms with van der Waals surface area (Å²) in [5.74, 6) is 0.506. The number of aliphatic hydroxyl groups excluding tert-OH is 1. The molecule has 6 atom stereocenters. The lowest BCUT2D eigenvalue weighted by Gasteiger charge is -2.38. The van der Waals surface area contributed by atoms with Crippen molar-refractivity contribution < 1.29 is 36.7 Å². The fraction of sp³-hybridized carbons (Fsp3) is 0.556. The van der Waals surface area contributed by atoms with Crippen molar-refractivity contribution in [2.75, 3.05) is 18.8 Å². The molecule has 0 spiro atoms. The Bertz CT molecular complexity index is 1210. The second-order valence-corrected chi connectivity index (χ2v) is 14.5. The Morgan fingerprint density at radius 1 is 1.08 bits per heavy atom. The number of nitrogens with zero attached hydrogens (tertiary/aromatic N) is 1. The van der Waals surface area contributed by atoms with Gasteiger partial charge < -0.3 is 24.1 Å². The van der Waals surface area contributed by atoms with Gasteiger partial charge in [-0.15, -0.1) is 23.5 Å². The predicted octanol–water partition coefficient (Wildman–Crippen LogP) is 3.54. The van der Waals surface area contributed by atoms with E-state index in [1.165, 1.54) is 12.1 Å². The Balaban J connectivity index is 1.45. The van der Waals surface area contributed by atoms with Crippen LogP contribution in [0, 0.1) is 6.92 Å². The molecular weight excluding hydrogens is 562 g/mol. The number of aliphatic hydroxyl groups is 1. The number of hydrogen-bond acceptors (Lipinski definition) is 11. The molecule has 39 heavy (non-hydrogen) atoms. The Morgan fingerprint density at radius 2 is 1.74 bits per heavy atom. The van der Waals surface area contributed by atoms with Gasteiger partial charge in [-0.05, 0) is 45.5 Å². The van der Waals surface area contributed by atoms with Crippen molar-refractivity contribution in [2.24, 2.45) is 0 Å². The van der Waals surface area contributed by atoms with Crippen LogP contribution < -0.4 is 0 Å². The molecule has 1 N–H and O–H groups in total. The Morgan fingerprint density at radius 3 is 2.41 bits per heavy atom. The van der Waals surface area contributed by atoms with Gasteiger partial charge in [0.15, 0.2) is 12.1 Å². The molecule has 0 aromatic heterocycles. The number of aryl methyl sites for hydroxylation is 1. The number of rotatable bonds is 9. The van der Waals surface area contributed by atoms with Gasteiger partial charge in [-0.2, -0.15) is 8.42 Å². The first-order chi connectivity index (χ1) is 18.5. The van der Waals surface area contributed by atoms with Gasteiger partial charge in [0, 0.05) is 11.8 Å². The number of ether oxygens (including phenoxy) is 4. The number of benzene rings is 2. The molecule has 0 saturated carbocycles. The third-order valence-electron chi connectivity index (χ3n) is 6.72. The zero-order valence-corrected chi connectivity index (χ0v) is 24.8. The summed E-state index contributed by atoms with van der Waals surface area (Å²) in [6.07, 6.45) is -5.70. The molecule has 3 saturated heterocycles. The van der Waals surface area contributed by atoms with Crippen LogP contribution in [0.5, 0.6) is 0 Å². The van der Waals surface area contributed by atoms with Crippen LogP contribution in [0.2, 0.25) is 0 Å². The fourth-order valence-corrected chi connectivity index (χ4v) is 8.43. The number of thioether (sulfide) groups is 2. The van der Waals surface area contributed by atoms with E-state index in [0.29, 0.717) is 0 Å².